The summed E-state index contributed by atoms with van der Waals surface area (Å²) in [5.74, 6) is -1.44. The Balaban J connectivity index is 1.05. The smallest absolute Gasteiger partial charge is 0.278 e. The summed E-state index contributed by atoms with van der Waals surface area (Å²) in [6.07, 6.45) is 8.24. The number of hydrogen-bond donors (Lipinski definition) is 1. The van der Waals surface area contributed by atoms with Gasteiger partial charge in [0.25, 0.3) is 17.0 Å². The number of rotatable bonds is 8. The van der Waals surface area contributed by atoms with E-state index in [2.05, 4.69) is 21.3 Å². The first-order valence-electron chi connectivity index (χ1n) is 13.1. The number of halogens is 2. The van der Waals surface area contributed by atoms with E-state index in [0.717, 1.165) is 99.8 Å². The molecule has 0 bridgehead atoms. The number of ether oxygens (including phenoxy) is 2. The van der Waals surface area contributed by atoms with Crippen LogP contribution < -0.4 is 14.8 Å². The van der Waals surface area contributed by atoms with Gasteiger partial charge in [-0.25, -0.2) is 13.8 Å². The highest BCUT2D eigenvalue weighted by Gasteiger charge is 2.28. The second-order valence-electron chi connectivity index (χ2n) is 10.5. The Morgan fingerprint density at radius 3 is 2.92 bits per heavy atom. The Morgan fingerprint density at radius 2 is 2.11 bits per heavy atom. The van der Waals surface area contributed by atoms with Gasteiger partial charge in [-0.05, 0) is 75.5 Å². The predicted molar refractivity (Wildman–Crippen MR) is 135 cm³/mol. The minimum Gasteiger partial charge on any atom is -0.492 e. The van der Waals surface area contributed by atoms with Crippen molar-refractivity contribution in [1.29, 1.82) is 0 Å². The van der Waals surface area contributed by atoms with Gasteiger partial charge in [0.2, 0.25) is 0 Å². The van der Waals surface area contributed by atoms with E-state index in [1.165, 1.54) is 11.3 Å². The Morgan fingerprint density at radius 1 is 1.28 bits per heavy atom. The molecule has 1 saturated carbocycles. The van der Waals surface area contributed by atoms with Gasteiger partial charge in [-0.1, -0.05) is 23.5 Å². The van der Waals surface area contributed by atoms with Gasteiger partial charge in [-0.3, -0.25) is 9.69 Å². The molecule has 1 aromatic heterocycles. The number of hydrogen-bond acceptors (Lipinski definition) is 6. The molecular formula is C27H35F2N3O3S. The van der Waals surface area contributed by atoms with Crippen molar-refractivity contribution in [2.45, 2.75) is 76.8 Å². The Bertz CT molecular complexity index is 1060. The van der Waals surface area contributed by atoms with Gasteiger partial charge >= 0.3 is 0 Å². The molecule has 1 aromatic carbocycles. The lowest BCUT2D eigenvalue weighted by Crippen LogP contribution is -2.38. The zero-order chi connectivity index (χ0) is 25.1. The maximum atomic E-state index is 13.1. The molecule has 1 fully saturated rings. The fourth-order valence-corrected chi connectivity index (χ4v) is 6.37. The maximum Gasteiger partial charge on any atom is 0.278 e. The topological polar surface area (TPSA) is 63.7 Å². The van der Waals surface area contributed by atoms with Crippen molar-refractivity contribution in [3.8, 4) is 10.9 Å². The number of aryl methyl sites for hydroxylation is 1. The summed E-state index contributed by atoms with van der Waals surface area (Å²) in [5.41, 5.74) is 2.77. The van der Waals surface area contributed by atoms with Crippen LogP contribution in [0.2, 0.25) is 0 Å². The summed E-state index contributed by atoms with van der Waals surface area (Å²) in [6.45, 7) is 3.63. The van der Waals surface area contributed by atoms with Gasteiger partial charge in [0, 0.05) is 30.9 Å². The van der Waals surface area contributed by atoms with Crippen LogP contribution in [0.25, 0.3) is 0 Å². The number of amides is 1. The van der Waals surface area contributed by atoms with Crippen molar-refractivity contribution in [2.24, 2.45) is 5.92 Å². The van der Waals surface area contributed by atoms with Crippen LogP contribution in [0.1, 0.15) is 71.9 Å². The number of benzene rings is 1. The van der Waals surface area contributed by atoms with Crippen LogP contribution in [0.15, 0.2) is 18.2 Å². The van der Waals surface area contributed by atoms with E-state index >= 15 is 0 Å². The van der Waals surface area contributed by atoms with Gasteiger partial charge in [0.1, 0.15) is 5.75 Å². The zero-order valence-electron chi connectivity index (χ0n) is 20.9. The van der Waals surface area contributed by atoms with E-state index < -0.39 is 12.5 Å². The van der Waals surface area contributed by atoms with Crippen LogP contribution >= 0.6 is 11.3 Å². The lowest BCUT2D eigenvalue weighted by atomic mass is 9.84. The molecule has 1 aliphatic carbocycles. The van der Waals surface area contributed by atoms with Crippen LogP contribution in [0.5, 0.6) is 10.9 Å². The fourth-order valence-electron chi connectivity index (χ4n) is 5.46. The highest BCUT2D eigenvalue weighted by Crippen LogP contribution is 2.33. The normalized spacial score (nSPS) is 22.3. The van der Waals surface area contributed by atoms with Gasteiger partial charge in [0.15, 0.2) is 6.61 Å². The molecule has 0 saturated heterocycles. The molecule has 5 rings (SSSR count). The minimum absolute atomic E-state index is 0.0180. The molecule has 1 amide bonds. The van der Waals surface area contributed by atoms with Crippen molar-refractivity contribution < 1.29 is 23.0 Å². The molecular weight excluding hydrogens is 484 g/mol. The number of nitrogens with one attached hydrogen (secondary N) is 1. The van der Waals surface area contributed by atoms with Crippen molar-refractivity contribution in [3.05, 3.63) is 39.9 Å². The molecule has 0 atom stereocenters. The number of alkyl halides is 2. The molecule has 3 aliphatic rings. The van der Waals surface area contributed by atoms with Crippen LogP contribution in [0.3, 0.4) is 0 Å². The molecule has 0 spiro atoms. The second-order valence-corrected chi connectivity index (χ2v) is 11.5. The Hall–Kier alpha value is -2.26. The van der Waals surface area contributed by atoms with Gasteiger partial charge in [0.05, 0.1) is 17.9 Å². The average Bonchev–Trinajstić information content (AvgIpc) is 3.29. The van der Waals surface area contributed by atoms with Crippen molar-refractivity contribution in [3.63, 3.8) is 0 Å². The predicted octanol–water partition coefficient (Wildman–Crippen LogP) is 5.24. The minimum atomic E-state index is -2.85. The van der Waals surface area contributed by atoms with E-state index in [1.54, 1.807) is 0 Å². The van der Waals surface area contributed by atoms with Crippen molar-refractivity contribution >= 4 is 17.2 Å². The summed E-state index contributed by atoms with van der Waals surface area (Å²) in [7, 11) is 0. The molecule has 3 heterocycles. The maximum absolute atomic E-state index is 13.1. The highest BCUT2D eigenvalue weighted by atomic mass is 32.1. The Labute approximate surface area is 215 Å². The number of carbonyl (C=O) groups excluding carboxylic acids is 1. The quantitative estimate of drug-likeness (QED) is 0.517. The third-order valence-corrected chi connectivity index (χ3v) is 8.52. The third kappa shape index (κ3) is 6.35. The van der Waals surface area contributed by atoms with Crippen LogP contribution in [-0.2, 0) is 19.4 Å². The SMILES string of the molecule is CC(F)(F)COc1nc2c(s1)CCN(CCC1CCC(NC(=O)c3cccc4c3OCCC4)CC1)C2. The van der Waals surface area contributed by atoms with E-state index in [0.29, 0.717) is 23.3 Å². The summed E-state index contributed by atoms with van der Waals surface area (Å²) < 4.78 is 37.2. The molecule has 2 aromatic rings. The number of carbonyl (C=O) groups is 1. The molecule has 0 radical (unpaired) electrons. The third-order valence-electron chi connectivity index (χ3n) is 7.45. The van der Waals surface area contributed by atoms with Crippen LogP contribution in [0.4, 0.5) is 8.78 Å². The van der Waals surface area contributed by atoms with Crippen LogP contribution in [0, 0.1) is 5.92 Å². The second kappa shape index (κ2) is 11.0. The van der Waals surface area contributed by atoms with Gasteiger partial charge < -0.3 is 14.8 Å². The average molecular weight is 520 g/mol. The van der Waals surface area contributed by atoms with E-state index in [-0.39, 0.29) is 11.9 Å². The molecule has 1 N–H and O–H groups in total. The first-order valence-corrected chi connectivity index (χ1v) is 13.9. The number of aromatic nitrogens is 1. The molecule has 6 nitrogen and oxygen atoms in total. The molecule has 0 unspecified atom stereocenters. The summed E-state index contributed by atoms with van der Waals surface area (Å²) in [4.78, 5) is 21.0. The zero-order valence-corrected chi connectivity index (χ0v) is 21.7. The largest absolute Gasteiger partial charge is 0.492 e. The number of nitrogens with zero attached hydrogens (tertiary/aromatic N) is 2. The number of thiazole rings is 1. The lowest BCUT2D eigenvalue weighted by Gasteiger charge is -2.32. The van der Waals surface area contributed by atoms with Crippen molar-refractivity contribution in [1.82, 2.24) is 15.2 Å². The van der Waals surface area contributed by atoms with Crippen molar-refractivity contribution in [2.75, 3.05) is 26.3 Å². The Kier molecular flexibility index (Phi) is 7.76. The van der Waals surface area contributed by atoms with E-state index in [1.807, 2.05) is 12.1 Å². The highest BCUT2D eigenvalue weighted by molar-refractivity contribution is 7.13. The molecule has 2 aliphatic heterocycles. The first-order chi connectivity index (χ1) is 17.3. The van der Waals surface area contributed by atoms with Gasteiger partial charge in [-0.15, -0.1) is 0 Å². The summed E-state index contributed by atoms with van der Waals surface area (Å²) in [5, 5.41) is 3.60. The fraction of sp³-hybridized carbons (Fsp3) is 0.630. The molecule has 196 valence electrons. The van der Waals surface area contributed by atoms with Gasteiger partial charge in [-0.2, -0.15) is 0 Å². The monoisotopic (exact) mass is 519 g/mol. The standard InChI is InChI=1S/C27H35F2N3O3S/c1-27(28,29)17-35-26-31-22-16-32(14-12-23(22)36-26)13-11-18-7-9-20(10-8-18)30-25(33)21-6-2-4-19-5-3-15-34-24(19)21/h2,4,6,18,20H,3,5,7-17H2,1H3,(H,30,33). The summed E-state index contributed by atoms with van der Waals surface area (Å²) >= 11 is 1.40. The number of para-hydroxylation sites is 1. The molecule has 36 heavy (non-hydrogen) atoms. The van der Waals surface area contributed by atoms with Crippen LogP contribution in [-0.4, -0.2) is 54.1 Å². The summed E-state index contributed by atoms with van der Waals surface area (Å²) in [6, 6.07) is 6.08. The molecule has 9 heteroatoms. The number of fused-ring (bicyclic) bond motifs is 2. The van der Waals surface area contributed by atoms with E-state index in [9.17, 15) is 13.6 Å². The first kappa shape index (κ1) is 25.4. The lowest BCUT2D eigenvalue weighted by molar-refractivity contribution is -0.0230. The van der Waals surface area contributed by atoms with E-state index in [4.69, 9.17) is 9.47 Å².